The zero-order valence-corrected chi connectivity index (χ0v) is 30.3. The van der Waals surface area contributed by atoms with Crippen LogP contribution in [0.3, 0.4) is 0 Å². The minimum atomic E-state index is -0.737. The lowest BCUT2D eigenvalue weighted by atomic mass is 9.98. The average Bonchev–Trinajstić information content (AvgIpc) is 3.36. The first-order valence-electron chi connectivity index (χ1n) is 18.5. The van der Waals surface area contributed by atoms with Crippen molar-refractivity contribution in [2.45, 2.75) is 174 Å². The molecule has 6 heteroatoms. The smallest absolute Gasteiger partial charge is 0.163 e. The molecule has 0 amide bonds. The Bertz CT molecular complexity index is 1140. The zero-order valence-electron chi connectivity index (χ0n) is 30.3. The summed E-state index contributed by atoms with van der Waals surface area (Å²) in [7, 11) is 0. The monoisotopic (exact) mass is 652 g/mol. The number of rotatable bonds is 21. The maximum Gasteiger partial charge on any atom is 0.163 e. The highest BCUT2D eigenvalue weighted by Gasteiger charge is 2.40. The van der Waals surface area contributed by atoms with Gasteiger partial charge in [-0.1, -0.05) is 140 Å². The van der Waals surface area contributed by atoms with Gasteiger partial charge in [-0.2, -0.15) is 0 Å². The van der Waals surface area contributed by atoms with Crippen LogP contribution in [0.1, 0.15) is 163 Å². The van der Waals surface area contributed by atoms with Gasteiger partial charge < -0.3 is 19.7 Å². The van der Waals surface area contributed by atoms with Crippen molar-refractivity contribution in [2.75, 3.05) is 0 Å². The molecular formula is C41H64O6. The fraction of sp³-hybridized carbons (Fsp3) is 0.659. The van der Waals surface area contributed by atoms with Crippen molar-refractivity contribution in [2.24, 2.45) is 0 Å². The van der Waals surface area contributed by atoms with E-state index in [1.165, 1.54) is 56.9 Å². The normalized spacial score (nSPS) is 18.3. The number of aliphatic hydroxyl groups is 2. The van der Waals surface area contributed by atoms with Crippen molar-refractivity contribution < 1.29 is 29.3 Å². The van der Waals surface area contributed by atoms with E-state index >= 15 is 0 Å². The summed E-state index contributed by atoms with van der Waals surface area (Å²) in [6.07, 6.45) is 15.0. The van der Waals surface area contributed by atoms with E-state index in [1.54, 1.807) is 12.1 Å². The molecule has 0 spiro atoms. The average molecular weight is 653 g/mol. The summed E-state index contributed by atoms with van der Waals surface area (Å²) >= 11 is 0. The third-order valence-corrected chi connectivity index (χ3v) is 9.00. The molecule has 0 unspecified atom stereocenters. The van der Waals surface area contributed by atoms with Crippen molar-refractivity contribution in [3.63, 3.8) is 0 Å². The first-order chi connectivity index (χ1) is 22.5. The van der Waals surface area contributed by atoms with Gasteiger partial charge in [-0.15, -0.1) is 0 Å². The second-order valence-corrected chi connectivity index (χ2v) is 13.6. The van der Waals surface area contributed by atoms with Crippen LogP contribution in [-0.2, 0) is 22.3 Å². The molecule has 0 aliphatic carbocycles. The van der Waals surface area contributed by atoms with E-state index < -0.39 is 18.0 Å². The topological polar surface area (TPSA) is 93.1 Å². The Kier molecular flexibility index (Phi) is 19.3. The number of aliphatic hydroxyl groups excluding tert-OH is 2. The van der Waals surface area contributed by atoms with Crippen LogP contribution in [0.4, 0.5) is 0 Å². The summed E-state index contributed by atoms with van der Waals surface area (Å²) in [5.74, 6) is -0.186. The second-order valence-electron chi connectivity index (χ2n) is 13.6. The molecule has 47 heavy (non-hydrogen) atoms. The van der Waals surface area contributed by atoms with E-state index in [0.717, 1.165) is 36.8 Å². The fourth-order valence-electron chi connectivity index (χ4n) is 6.10. The van der Waals surface area contributed by atoms with Gasteiger partial charge in [0.05, 0.1) is 24.4 Å². The van der Waals surface area contributed by atoms with Gasteiger partial charge in [-0.05, 0) is 37.8 Å². The third-order valence-electron chi connectivity index (χ3n) is 9.00. The first kappa shape index (κ1) is 40.8. The lowest BCUT2D eigenvalue weighted by Gasteiger charge is -2.18. The number of ketones is 2. The molecule has 2 aromatic carbocycles. The molecule has 1 saturated heterocycles. The quantitative estimate of drug-likeness (QED) is 0.103. The summed E-state index contributed by atoms with van der Waals surface area (Å²) < 4.78 is 12.3. The highest BCUT2D eigenvalue weighted by atomic mass is 16.7. The molecule has 1 aliphatic heterocycles. The van der Waals surface area contributed by atoms with E-state index in [0.29, 0.717) is 31.2 Å². The van der Waals surface area contributed by atoms with Gasteiger partial charge in [0.25, 0.3) is 0 Å². The number of hydrogen-bond donors (Lipinski definition) is 2. The van der Waals surface area contributed by atoms with Crippen LogP contribution < -0.4 is 0 Å². The molecule has 6 nitrogen and oxygen atoms in total. The standard InChI is InChI=1S/C22H34O3.C19H30O3/c1-5-7-8-9-10-11-20-21(25-22(3,4)24-20)16-17-12-14-18(15-13-17)19(23)6-2;1-3-5-6-7-8-9-18(21)19(22)14-15-10-12-16(13-11-15)17(20)4-2/h12-15,20-21H,5-11,16H2,1-4H3;10-13,18-19,21-22H,3-9,14H2,1-2H3/t20-,21-;18-,19-/m11/s1. The van der Waals surface area contributed by atoms with E-state index in [2.05, 4.69) is 26.0 Å². The first-order valence-corrected chi connectivity index (χ1v) is 18.5. The molecule has 0 saturated carbocycles. The Morgan fingerprint density at radius 1 is 0.638 bits per heavy atom. The van der Waals surface area contributed by atoms with E-state index in [4.69, 9.17) is 9.47 Å². The molecule has 0 radical (unpaired) electrons. The maximum atomic E-state index is 11.8. The summed E-state index contributed by atoms with van der Waals surface area (Å²) in [5.41, 5.74) is 3.65. The van der Waals surface area contributed by atoms with Crippen LogP contribution in [0.2, 0.25) is 0 Å². The van der Waals surface area contributed by atoms with Crippen LogP contribution in [0.15, 0.2) is 48.5 Å². The van der Waals surface area contributed by atoms with Crippen LogP contribution >= 0.6 is 0 Å². The van der Waals surface area contributed by atoms with E-state index in [9.17, 15) is 19.8 Å². The number of ether oxygens (including phenoxy) is 2. The Labute approximate surface area is 285 Å². The Balaban J connectivity index is 0.000000330. The van der Waals surface area contributed by atoms with Gasteiger partial charge in [-0.25, -0.2) is 0 Å². The molecule has 4 atom stereocenters. The van der Waals surface area contributed by atoms with Crippen LogP contribution in [-0.4, -0.2) is 52.0 Å². The van der Waals surface area contributed by atoms with Gasteiger partial charge >= 0.3 is 0 Å². The number of Topliss-reactive ketones (excluding diaryl/α,β-unsaturated/α-hetero) is 2. The predicted octanol–water partition coefficient (Wildman–Crippen LogP) is 9.61. The molecule has 1 fully saturated rings. The van der Waals surface area contributed by atoms with Gasteiger partial charge in [0.15, 0.2) is 17.4 Å². The summed E-state index contributed by atoms with van der Waals surface area (Å²) in [4.78, 5) is 23.3. The number of carbonyl (C=O) groups excluding carboxylic acids is 2. The third kappa shape index (κ3) is 15.6. The Morgan fingerprint density at radius 2 is 1.11 bits per heavy atom. The SMILES string of the molecule is CCCCCCC[C@@H](O)[C@H](O)Cc1ccc(C(=O)CC)cc1.CCCCCCC[C@H]1OC(C)(C)O[C@@H]1Cc1ccc(C(=O)CC)cc1. The van der Waals surface area contributed by atoms with Crippen molar-refractivity contribution in [1.29, 1.82) is 0 Å². The lowest BCUT2D eigenvalue weighted by Crippen LogP contribution is -2.27. The molecule has 2 aromatic rings. The Morgan fingerprint density at radius 3 is 1.62 bits per heavy atom. The van der Waals surface area contributed by atoms with Gasteiger partial charge in [0.2, 0.25) is 0 Å². The molecule has 2 N–H and O–H groups in total. The van der Waals surface area contributed by atoms with Crippen molar-refractivity contribution >= 4 is 11.6 Å². The summed E-state index contributed by atoms with van der Waals surface area (Å²) in [6, 6.07) is 15.3. The summed E-state index contributed by atoms with van der Waals surface area (Å²) in [6.45, 7) is 12.2. The minimum absolute atomic E-state index is 0.0916. The summed E-state index contributed by atoms with van der Waals surface area (Å²) in [5, 5.41) is 20.1. The van der Waals surface area contributed by atoms with Crippen molar-refractivity contribution in [3.8, 4) is 0 Å². The number of carbonyl (C=O) groups is 2. The zero-order chi connectivity index (χ0) is 34.7. The van der Waals surface area contributed by atoms with Crippen molar-refractivity contribution in [1.82, 2.24) is 0 Å². The molecule has 1 heterocycles. The largest absolute Gasteiger partial charge is 0.390 e. The van der Waals surface area contributed by atoms with Crippen LogP contribution in [0.5, 0.6) is 0 Å². The van der Waals surface area contributed by atoms with E-state index in [1.807, 2.05) is 52.0 Å². The maximum absolute atomic E-state index is 11.8. The fourth-order valence-corrected chi connectivity index (χ4v) is 6.10. The van der Waals surface area contributed by atoms with Crippen LogP contribution in [0, 0.1) is 0 Å². The molecule has 264 valence electrons. The number of benzene rings is 2. The number of hydrogen-bond acceptors (Lipinski definition) is 6. The minimum Gasteiger partial charge on any atom is -0.390 e. The molecule has 3 rings (SSSR count). The molecule has 0 bridgehead atoms. The highest BCUT2D eigenvalue weighted by molar-refractivity contribution is 5.96. The van der Waals surface area contributed by atoms with Gasteiger partial charge in [0, 0.05) is 36.8 Å². The van der Waals surface area contributed by atoms with E-state index in [-0.39, 0.29) is 23.8 Å². The van der Waals surface area contributed by atoms with Gasteiger partial charge in [-0.3, -0.25) is 9.59 Å². The Hall–Kier alpha value is -2.38. The van der Waals surface area contributed by atoms with Gasteiger partial charge in [0.1, 0.15) is 0 Å². The predicted molar refractivity (Wildman–Crippen MR) is 192 cm³/mol. The highest BCUT2D eigenvalue weighted by Crippen LogP contribution is 2.33. The van der Waals surface area contributed by atoms with Crippen molar-refractivity contribution in [3.05, 3.63) is 70.8 Å². The molecule has 1 aliphatic rings. The lowest BCUT2D eigenvalue weighted by molar-refractivity contribution is -0.146. The molecule has 0 aromatic heterocycles. The number of unbranched alkanes of at least 4 members (excludes halogenated alkanes) is 8. The second kappa shape index (κ2) is 22.3. The molecular weight excluding hydrogens is 588 g/mol. The van der Waals surface area contributed by atoms with Crippen LogP contribution in [0.25, 0.3) is 0 Å².